The van der Waals surface area contributed by atoms with Gasteiger partial charge in [-0.1, -0.05) is 70.4 Å². The van der Waals surface area contributed by atoms with Gasteiger partial charge in [-0.05, 0) is 32.1 Å². The zero-order valence-electron chi connectivity index (χ0n) is 17.3. The molecule has 2 N–H and O–H groups in total. The molecule has 26 heavy (non-hydrogen) atoms. The number of carbonyl (C=O) groups excluding carboxylic acids is 1. The predicted molar refractivity (Wildman–Crippen MR) is 109 cm³/mol. The molecule has 0 aliphatic heterocycles. The number of hydrogen-bond acceptors (Lipinski definition) is 4. The fraction of sp³-hybridized carbons (Fsp3) is 0.857. The molecule has 0 fully saturated rings. The van der Waals surface area contributed by atoms with E-state index in [1.54, 1.807) is 0 Å². The SMILES string of the molecule is CCCCCCCC/C=C\CCCCCCCC(=O)OCC(O)CO.[Na]. The third kappa shape index (κ3) is 22.2. The number of rotatable bonds is 18. The van der Waals surface area contributed by atoms with Crippen LogP contribution in [0, 0.1) is 0 Å². The van der Waals surface area contributed by atoms with Crippen LogP contribution in [-0.2, 0) is 9.53 Å². The van der Waals surface area contributed by atoms with Crippen molar-refractivity contribution in [2.24, 2.45) is 0 Å². The van der Waals surface area contributed by atoms with E-state index in [0.717, 1.165) is 25.7 Å². The van der Waals surface area contributed by atoms with Gasteiger partial charge < -0.3 is 14.9 Å². The fourth-order valence-corrected chi connectivity index (χ4v) is 2.65. The number of aliphatic hydroxyl groups excluding tert-OH is 2. The van der Waals surface area contributed by atoms with E-state index >= 15 is 0 Å². The summed E-state index contributed by atoms with van der Waals surface area (Å²) in [5.41, 5.74) is 0. The van der Waals surface area contributed by atoms with Gasteiger partial charge in [0, 0.05) is 36.0 Å². The standard InChI is InChI=1S/C21H40O4.Na/c1-2-3-4-5-6-7-8-9-10-11-12-13-14-15-16-17-21(24)25-19-20(23)18-22;/h9-10,20,22-23H,2-8,11-19H2,1H3;/b10-9-;. The molecule has 149 valence electrons. The second-order valence-electron chi connectivity index (χ2n) is 6.85. The number of hydrogen-bond donors (Lipinski definition) is 2. The minimum absolute atomic E-state index is 0. The van der Waals surface area contributed by atoms with Gasteiger partial charge in [0.25, 0.3) is 0 Å². The van der Waals surface area contributed by atoms with E-state index in [1.165, 1.54) is 57.8 Å². The van der Waals surface area contributed by atoms with Gasteiger partial charge in [0.15, 0.2) is 0 Å². The zero-order chi connectivity index (χ0) is 18.6. The number of aliphatic hydroxyl groups is 2. The van der Waals surface area contributed by atoms with Crippen LogP contribution in [0.25, 0.3) is 0 Å². The molecular formula is C21H40NaO4. The largest absolute Gasteiger partial charge is 0.463 e. The number of esters is 1. The van der Waals surface area contributed by atoms with E-state index in [-0.39, 0.29) is 48.7 Å². The van der Waals surface area contributed by atoms with E-state index < -0.39 is 6.10 Å². The van der Waals surface area contributed by atoms with Crippen LogP contribution in [-0.4, -0.2) is 65.1 Å². The molecular weight excluding hydrogens is 339 g/mol. The van der Waals surface area contributed by atoms with Crippen LogP contribution in [0.4, 0.5) is 0 Å². The molecule has 0 aromatic rings. The first-order valence-corrected chi connectivity index (χ1v) is 10.3. The smallest absolute Gasteiger partial charge is 0.305 e. The number of carbonyl (C=O) groups is 1. The molecule has 1 atom stereocenters. The van der Waals surface area contributed by atoms with Gasteiger partial charge in [0.2, 0.25) is 0 Å². The van der Waals surface area contributed by atoms with Crippen molar-refractivity contribution in [3.8, 4) is 0 Å². The summed E-state index contributed by atoms with van der Waals surface area (Å²) in [4.78, 5) is 11.4. The topological polar surface area (TPSA) is 66.8 Å². The van der Waals surface area contributed by atoms with E-state index in [4.69, 9.17) is 14.9 Å². The number of ether oxygens (including phenoxy) is 1. The van der Waals surface area contributed by atoms with Crippen molar-refractivity contribution in [2.45, 2.75) is 103 Å². The molecule has 0 aromatic carbocycles. The summed E-state index contributed by atoms with van der Waals surface area (Å²) >= 11 is 0. The molecule has 0 bridgehead atoms. The Bertz CT molecular complexity index is 321. The quantitative estimate of drug-likeness (QED) is 0.159. The Kier molecular flexibility index (Phi) is 25.3. The van der Waals surface area contributed by atoms with E-state index in [0.29, 0.717) is 6.42 Å². The molecule has 1 unspecified atom stereocenters. The fourth-order valence-electron chi connectivity index (χ4n) is 2.65. The minimum atomic E-state index is -0.960. The van der Waals surface area contributed by atoms with Crippen LogP contribution in [0.1, 0.15) is 96.8 Å². The maximum absolute atomic E-state index is 11.4. The zero-order valence-corrected chi connectivity index (χ0v) is 19.3. The van der Waals surface area contributed by atoms with E-state index in [2.05, 4.69) is 19.1 Å². The first-order chi connectivity index (χ1) is 12.2. The van der Waals surface area contributed by atoms with Crippen LogP contribution in [0.15, 0.2) is 12.2 Å². The Hall–Kier alpha value is 0.130. The molecule has 0 heterocycles. The van der Waals surface area contributed by atoms with Gasteiger partial charge in [0.05, 0.1) is 6.61 Å². The van der Waals surface area contributed by atoms with Crippen molar-refractivity contribution < 1.29 is 19.7 Å². The first-order valence-electron chi connectivity index (χ1n) is 10.3. The maximum atomic E-state index is 11.4. The normalized spacial score (nSPS) is 12.1. The van der Waals surface area contributed by atoms with E-state index in [1.807, 2.05) is 0 Å². The van der Waals surface area contributed by atoms with Crippen LogP contribution in [0.3, 0.4) is 0 Å². The van der Waals surface area contributed by atoms with Crippen LogP contribution in [0.2, 0.25) is 0 Å². The summed E-state index contributed by atoms with van der Waals surface area (Å²) in [6.45, 7) is 1.77. The molecule has 5 heteroatoms. The van der Waals surface area contributed by atoms with Gasteiger partial charge in [-0.25, -0.2) is 0 Å². The van der Waals surface area contributed by atoms with Crippen LogP contribution in [0.5, 0.6) is 0 Å². The molecule has 4 nitrogen and oxygen atoms in total. The van der Waals surface area contributed by atoms with Gasteiger partial charge in [0.1, 0.15) is 12.7 Å². The van der Waals surface area contributed by atoms with Gasteiger partial charge in [-0.15, -0.1) is 0 Å². The molecule has 0 aliphatic carbocycles. The van der Waals surface area contributed by atoms with Crippen molar-refractivity contribution in [3.05, 3.63) is 12.2 Å². The molecule has 0 spiro atoms. The molecule has 0 aromatic heterocycles. The Morgan fingerprint density at radius 1 is 0.885 bits per heavy atom. The molecule has 1 radical (unpaired) electrons. The summed E-state index contributed by atoms with van der Waals surface area (Å²) in [6.07, 6.45) is 20.1. The van der Waals surface area contributed by atoms with Crippen molar-refractivity contribution >= 4 is 35.5 Å². The third-order valence-corrected chi connectivity index (χ3v) is 4.29. The minimum Gasteiger partial charge on any atom is -0.463 e. The summed E-state index contributed by atoms with van der Waals surface area (Å²) < 4.78 is 4.86. The predicted octanol–water partition coefficient (Wildman–Crippen LogP) is 4.54. The van der Waals surface area contributed by atoms with Gasteiger partial charge >= 0.3 is 5.97 Å². The summed E-state index contributed by atoms with van der Waals surface area (Å²) in [5, 5.41) is 17.7. The number of unbranched alkanes of at least 4 members (excludes halogenated alkanes) is 11. The van der Waals surface area contributed by atoms with Gasteiger partial charge in [-0.3, -0.25) is 4.79 Å². The second-order valence-corrected chi connectivity index (χ2v) is 6.85. The monoisotopic (exact) mass is 379 g/mol. The van der Waals surface area contributed by atoms with Crippen LogP contribution < -0.4 is 0 Å². The Morgan fingerprint density at radius 2 is 1.38 bits per heavy atom. The summed E-state index contributed by atoms with van der Waals surface area (Å²) in [6, 6.07) is 0. The average Bonchev–Trinajstić information content (AvgIpc) is 2.62. The van der Waals surface area contributed by atoms with E-state index in [9.17, 15) is 4.79 Å². The first kappa shape index (κ1) is 28.3. The second kappa shape index (κ2) is 23.2. The molecule has 0 aliphatic rings. The Morgan fingerprint density at radius 3 is 1.92 bits per heavy atom. The van der Waals surface area contributed by atoms with Crippen molar-refractivity contribution in [1.29, 1.82) is 0 Å². The molecule has 0 saturated heterocycles. The summed E-state index contributed by atoms with van der Waals surface area (Å²) in [7, 11) is 0. The molecule has 0 rings (SSSR count). The van der Waals surface area contributed by atoms with Gasteiger partial charge in [-0.2, -0.15) is 0 Å². The Labute approximate surface area is 183 Å². The average molecular weight is 380 g/mol. The maximum Gasteiger partial charge on any atom is 0.305 e. The van der Waals surface area contributed by atoms with Crippen molar-refractivity contribution in [1.82, 2.24) is 0 Å². The Balaban J connectivity index is 0. The molecule has 0 saturated carbocycles. The van der Waals surface area contributed by atoms with Crippen molar-refractivity contribution in [3.63, 3.8) is 0 Å². The third-order valence-electron chi connectivity index (χ3n) is 4.29. The molecule has 0 amide bonds. The summed E-state index contributed by atoms with van der Waals surface area (Å²) in [5.74, 6) is -0.287. The van der Waals surface area contributed by atoms with Crippen LogP contribution >= 0.6 is 0 Å². The van der Waals surface area contributed by atoms with Crippen molar-refractivity contribution in [2.75, 3.05) is 13.2 Å². The number of allylic oxidation sites excluding steroid dienone is 2.